The maximum absolute atomic E-state index is 13.7. The van der Waals surface area contributed by atoms with E-state index in [-0.39, 0.29) is 12.2 Å². The molecule has 1 aromatic heterocycles. The van der Waals surface area contributed by atoms with Crippen molar-refractivity contribution in [3.05, 3.63) is 51.3 Å². The fourth-order valence-corrected chi connectivity index (χ4v) is 2.09. The number of nitro benzene ring substituents is 1. The molecule has 112 valence electrons. The molecular weight excluding hydrogens is 282 g/mol. The Bertz CT molecular complexity index is 685. The van der Waals surface area contributed by atoms with E-state index in [0.29, 0.717) is 18.6 Å². The summed E-state index contributed by atoms with van der Waals surface area (Å²) in [6, 6.07) is 1.30. The maximum atomic E-state index is 13.7. The number of benzene rings is 1. The quantitative estimate of drug-likeness (QED) is 0.680. The van der Waals surface area contributed by atoms with Gasteiger partial charge in [-0.25, -0.2) is 8.78 Å². The molecule has 0 fully saturated rings. The summed E-state index contributed by atoms with van der Waals surface area (Å²) in [6.07, 6.45) is 2.44. The Labute approximate surface area is 119 Å². The molecular formula is C13H14F2N4O2. The summed E-state index contributed by atoms with van der Waals surface area (Å²) < 4.78 is 28.4. The number of hydrogen-bond acceptors (Lipinski definition) is 4. The fraction of sp³-hybridized carbons (Fsp3) is 0.308. The first-order valence-electron chi connectivity index (χ1n) is 6.31. The van der Waals surface area contributed by atoms with E-state index in [2.05, 4.69) is 10.4 Å². The predicted molar refractivity (Wildman–Crippen MR) is 72.9 cm³/mol. The van der Waals surface area contributed by atoms with Crippen LogP contribution in [0.3, 0.4) is 0 Å². The van der Waals surface area contributed by atoms with Gasteiger partial charge in [-0.05, 0) is 6.42 Å². The van der Waals surface area contributed by atoms with Gasteiger partial charge in [0.05, 0.1) is 16.7 Å². The average Bonchev–Trinajstić information content (AvgIpc) is 2.77. The van der Waals surface area contributed by atoms with Crippen LogP contribution >= 0.6 is 0 Å². The maximum Gasteiger partial charge on any atom is 0.298 e. The van der Waals surface area contributed by atoms with Gasteiger partial charge in [0.1, 0.15) is 11.5 Å². The van der Waals surface area contributed by atoms with Crippen LogP contribution in [0.5, 0.6) is 0 Å². The number of nitro groups is 1. The largest absolute Gasteiger partial charge is 0.373 e. The molecule has 6 nitrogen and oxygen atoms in total. The van der Waals surface area contributed by atoms with Crippen molar-refractivity contribution >= 4 is 11.4 Å². The Kier molecular flexibility index (Phi) is 4.15. The van der Waals surface area contributed by atoms with Crippen molar-refractivity contribution in [1.29, 1.82) is 0 Å². The summed E-state index contributed by atoms with van der Waals surface area (Å²) in [5.74, 6) is -1.98. The van der Waals surface area contributed by atoms with Gasteiger partial charge in [0.15, 0.2) is 5.82 Å². The Morgan fingerprint density at radius 3 is 2.76 bits per heavy atom. The van der Waals surface area contributed by atoms with Crippen LogP contribution in [0.1, 0.15) is 18.2 Å². The molecule has 1 N–H and O–H groups in total. The van der Waals surface area contributed by atoms with Gasteiger partial charge >= 0.3 is 0 Å². The molecule has 0 amide bonds. The normalized spacial score (nSPS) is 10.7. The van der Waals surface area contributed by atoms with Crippen molar-refractivity contribution < 1.29 is 13.7 Å². The molecule has 0 atom stereocenters. The summed E-state index contributed by atoms with van der Waals surface area (Å²) >= 11 is 0. The molecule has 2 aromatic rings. The van der Waals surface area contributed by atoms with Gasteiger partial charge in [-0.2, -0.15) is 5.10 Å². The standard InChI is InChI=1S/C13H14F2N4O2/c1-3-11-8(7-18(2)17-11)6-16-13-10(15)4-9(14)5-12(13)19(20)21/h4-5,7,16H,3,6H2,1-2H3. The monoisotopic (exact) mass is 296 g/mol. The zero-order chi connectivity index (χ0) is 15.6. The molecule has 0 unspecified atom stereocenters. The lowest BCUT2D eigenvalue weighted by molar-refractivity contribution is -0.384. The second-order valence-corrected chi connectivity index (χ2v) is 4.52. The minimum absolute atomic E-state index is 0.167. The number of halogens is 2. The smallest absolute Gasteiger partial charge is 0.298 e. The highest BCUT2D eigenvalue weighted by Gasteiger charge is 2.20. The Morgan fingerprint density at radius 1 is 1.43 bits per heavy atom. The summed E-state index contributed by atoms with van der Waals surface area (Å²) in [6.45, 7) is 2.09. The number of hydrogen-bond donors (Lipinski definition) is 1. The molecule has 0 saturated carbocycles. The molecule has 21 heavy (non-hydrogen) atoms. The molecule has 0 spiro atoms. The highest BCUT2D eigenvalue weighted by Crippen LogP contribution is 2.29. The van der Waals surface area contributed by atoms with Crippen molar-refractivity contribution in [2.75, 3.05) is 5.32 Å². The molecule has 0 aliphatic heterocycles. The number of rotatable bonds is 5. The topological polar surface area (TPSA) is 73.0 Å². The molecule has 1 heterocycles. The molecule has 0 bridgehead atoms. The number of anilines is 1. The van der Waals surface area contributed by atoms with Gasteiger partial charge in [-0.15, -0.1) is 0 Å². The number of nitrogens with zero attached hydrogens (tertiary/aromatic N) is 3. The van der Waals surface area contributed by atoms with Crippen LogP contribution in [0.4, 0.5) is 20.2 Å². The summed E-state index contributed by atoms with van der Waals surface area (Å²) in [4.78, 5) is 10.1. The van der Waals surface area contributed by atoms with E-state index in [4.69, 9.17) is 0 Å². The van der Waals surface area contributed by atoms with Crippen LogP contribution in [0.15, 0.2) is 18.3 Å². The number of aromatic nitrogens is 2. The molecule has 2 rings (SSSR count). The SMILES string of the molecule is CCc1nn(C)cc1CNc1c(F)cc(F)cc1[N+](=O)[O-]. The molecule has 8 heteroatoms. The lowest BCUT2D eigenvalue weighted by Crippen LogP contribution is -2.06. The van der Waals surface area contributed by atoms with Gasteiger partial charge in [0.25, 0.3) is 5.69 Å². The Hall–Kier alpha value is -2.51. The van der Waals surface area contributed by atoms with Crippen molar-refractivity contribution in [1.82, 2.24) is 9.78 Å². The van der Waals surface area contributed by atoms with E-state index in [1.807, 2.05) is 6.92 Å². The van der Waals surface area contributed by atoms with Gasteiger partial charge < -0.3 is 5.32 Å². The fourth-order valence-electron chi connectivity index (χ4n) is 2.09. The van der Waals surface area contributed by atoms with Crippen molar-refractivity contribution in [2.45, 2.75) is 19.9 Å². The molecule has 0 aliphatic rings. The Balaban J connectivity index is 2.29. The van der Waals surface area contributed by atoms with E-state index in [1.54, 1.807) is 17.9 Å². The highest BCUT2D eigenvalue weighted by molar-refractivity contribution is 5.62. The molecule has 0 aliphatic carbocycles. The lowest BCUT2D eigenvalue weighted by Gasteiger charge is -2.08. The minimum Gasteiger partial charge on any atom is -0.373 e. The minimum atomic E-state index is -0.997. The predicted octanol–water partition coefficient (Wildman–Crippen LogP) is 2.78. The van der Waals surface area contributed by atoms with Crippen molar-refractivity contribution in [3.63, 3.8) is 0 Å². The van der Waals surface area contributed by atoms with Crippen LogP contribution in [0.25, 0.3) is 0 Å². The van der Waals surface area contributed by atoms with Crippen LogP contribution in [-0.2, 0) is 20.0 Å². The summed E-state index contributed by atoms with van der Waals surface area (Å²) in [7, 11) is 1.75. The summed E-state index contributed by atoms with van der Waals surface area (Å²) in [5, 5.41) is 17.8. The first-order valence-corrected chi connectivity index (χ1v) is 6.31. The van der Waals surface area contributed by atoms with E-state index >= 15 is 0 Å². The Morgan fingerprint density at radius 2 is 2.14 bits per heavy atom. The number of nitrogens with one attached hydrogen (secondary N) is 1. The average molecular weight is 296 g/mol. The van der Waals surface area contributed by atoms with Crippen LogP contribution in [0.2, 0.25) is 0 Å². The summed E-state index contributed by atoms with van der Waals surface area (Å²) in [5.41, 5.74) is 0.662. The van der Waals surface area contributed by atoms with Gasteiger partial charge in [0.2, 0.25) is 0 Å². The van der Waals surface area contributed by atoms with Crippen molar-refractivity contribution in [3.8, 4) is 0 Å². The van der Waals surface area contributed by atoms with Crippen molar-refractivity contribution in [2.24, 2.45) is 7.05 Å². The first kappa shape index (κ1) is 14.9. The molecule has 1 aromatic carbocycles. The zero-order valence-electron chi connectivity index (χ0n) is 11.6. The first-order chi connectivity index (χ1) is 9.92. The van der Waals surface area contributed by atoms with Crippen LogP contribution in [0, 0.1) is 21.7 Å². The van der Waals surface area contributed by atoms with E-state index in [1.165, 1.54) is 0 Å². The molecule has 0 saturated heterocycles. The lowest BCUT2D eigenvalue weighted by atomic mass is 10.2. The molecule has 0 radical (unpaired) electrons. The third kappa shape index (κ3) is 3.15. The van der Waals surface area contributed by atoms with E-state index in [0.717, 1.165) is 11.3 Å². The zero-order valence-corrected chi connectivity index (χ0v) is 11.6. The highest BCUT2D eigenvalue weighted by atomic mass is 19.1. The van der Waals surface area contributed by atoms with Gasteiger partial charge in [-0.1, -0.05) is 6.92 Å². The second kappa shape index (κ2) is 5.86. The van der Waals surface area contributed by atoms with Gasteiger partial charge in [-0.3, -0.25) is 14.8 Å². The third-order valence-corrected chi connectivity index (χ3v) is 3.01. The van der Waals surface area contributed by atoms with E-state index < -0.39 is 22.2 Å². The third-order valence-electron chi connectivity index (χ3n) is 3.01. The van der Waals surface area contributed by atoms with Crippen LogP contribution < -0.4 is 5.32 Å². The number of aryl methyl sites for hydroxylation is 2. The second-order valence-electron chi connectivity index (χ2n) is 4.52. The van der Waals surface area contributed by atoms with E-state index in [9.17, 15) is 18.9 Å². The van der Waals surface area contributed by atoms with Crippen LogP contribution in [-0.4, -0.2) is 14.7 Å². The van der Waals surface area contributed by atoms with Gasteiger partial charge in [0, 0.05) is 31.4 Å².